The maximum absolute atomic E-state index is 13.3. The topological polar surface area (TPSA) is 28.2 Å². The number of nitrogens with zero attached hydrogens (tertiary/aromatic N) is 2. The van der Waals surface area contributed by atoms with Crippen LogP contribution < -0.4 is 10.2 Å². The van der Waals surface area contributed by atoms with Crippen LogP contribution >= 0.6 is 11.6 Å². The first kappa shape index (κ1) is 10.3. The van der Waals surface area contributed by atoms with Gasteiger partial charge in [-0.05, 0) is 12.3 Å². The van der Waals surface area contributed by atoms with Gasteiger partial charge in [0.05, 0.1) is 11.9 Å². The van der Waals surface area contributed by atoms with E-state index in [4.69, 9.17) is 11.6 Å². The fourth-order valence-electron chi connectivity index (χ4n) is 2.74. The molecule has 0 bridgehead atoms. The zero-order valence-electron chi connectivity index (χ0n) is 8.79. The third-order valence-electron chi connectivity index (χ3n) is 3.56. The van der Waals surface area contributed by atoms with E-state index in [-0.39, 0.29) is 5.15 Å². The largest absolute Gasteiger partial charge is 0.366 e. The molecule has 0 amide bonds. The summed E-state index contributed by atoms with van der Waals surface area (Å²) in [4.78, 5) is 6.10. The lowest BCUT2D eigenvalue weighted by Gasteiger charge is -2.25. The van der Waals surface area contributed by atoms with Gasteiger partial charge in [-0.3, -0.25) is 0 Å². The van der Waals surface area contributed by atoms with Gasteiger partial charge >= 0.3 is 0 Å². The summed E-state index contributed by atoms with van der Waals surface area (Å²) in [5.74, 6) is 0.257. The van der Waals surface area contributed by atoms with Crippen LogP contribution in [-0.2, 0) is 0 Å². The van der Waals surface area contributed by atoms with Gasteiger partial charge in [0.15, 0.2) is 11.0 Å². The van der Waals surface area contributed by atoms with Gasteiger partial charge in [-0.15, -0.1) is 0 Å². The first-order valence-corrected chi connectivity index (χ1v) is 5.92. The predicted molar refractivity (Wildman–Crippen MR) is 61.3 cm³/mol. The molecule has 0 unspecified atom stereocenters. The molecule has 1 N–H and O–H groups in total. The number of nitrogens with one attached hydrogen (secondary N) is 1. The zero-order valence-corrected chi connectivity index (χ0v) is 9.54. The van der Waals surface area contributed by atoms with Gasteiger partial charge < -0.3 is 10.2 Å². The summed E-state index contributed by atoms with van der Waals surface area (Å²) in [6, 6.07) is 1.97. The monoisotopic (exact) mass is 241 g/mol. The first-order chi connectivity index (χ1) is 7.75. The Hall–Kier alpha value is -0.870. The van der Waals surface area contributed by atoms with Crippen molar-refractivity contribution in [2.75, 3.05) is 24.5 Å². The van der Waals surface area contributed by atoms with Gasteiger partial charge in [-0.25, -0.2) is 9.37 Å². The van der Waals surface area contributed by atoms with Crippen molar-refractivity contribution in [2.45, 2.75) is 12.5 Å². The van der Waals surface area contributed by atoms with Crippen molar-refractivity contribution < 1.29 is 4.39 Å². The molecule has 0 saturated carbocycles. The molecular weight excluding hydrogens is 229 g/mol. The quantitative estimate of drug-likeness (QED) is 0.759. The van der Waals surface area contributed by atoms with Crippen LogP contribution in [-0.4, -0.2) is 30.7 Å². The predicted octanol–water partition coefficient (Wildman–Crippen LogP) is 1.67. The summed E-state index contributed by atoms with van der Waals surface area (Å²) in [5.41, 5.74) is 0.845. The van der Waals surface area contributed by atoms with Gasteiger partial charge in [0.1, 0.15) is 0 Å². The molecular formula is C11H13ClFN3. The molecule has 0 spiro atoms. The normalized spacial score (nSPS) is 28.5. The van der Waals surface area contributed by atoms with Crippen LogP contribution in [0.1, 0.15) is 6.42 Å². The second kappa shape index (κ2) is 3.86. The molecule has 1 aromatic heterocycles. The Bertz CT molecular complexity index is 412. The Morgan fingerprint density at radius 3 is 3.19 bits per heavy atom. The Labute approximate surface area is 98.6 Å². The maximum Gasteiger partial charge on any atom is 0.164 e. The van der Waals surface area contributed by atoms with Gasteiger partial charge in [0, 0.05) is 31.7 Å². The minimum Gasteiger partial charge on any atom is -0.366 e. The van der Waals surface area contributed by atoms with Crippen molar-refractivity contribution in [1.82, 2.24) is 10.3 Å². The summed E-state index contributed by atoms with van der Waals surface area (Å²) in [5, 5.41) is 3.32. The standard InChI is InChI=1S/C11H13ClFN3/c12-11-9(13)3-8(5-15-11)16-2-1-7-4-14-6-10(7)16/h3,5,7,10,14H,1-2,4,6H2/t7-,10+/m1/s1. The second-order valence-corrected chi connectivity index (χ2v) is 4.79. The molecule has 0 aliphatic carbocycles. The first-order valence-electron chi connectivity index (χ1n) is 5.54. The lowest BCUT2D eigenvalue weighted by atomic mass is 10.1. The summed E-state index contributed by atoms with van der Waals surface area (Å²) in [7, 11) is 0. The molecule has 86 valence electrons. The molecule has 3 rings (SSSR count). The number of hydrogen-bond acceptors (Lipinski definition) is 3. The molecule has 2 aliphatic heterocycles. The summed E-state index contributed by atoms with van der Waals surface area (Å²) >= 11 is 5.58. The van der Waals surface area contributed by atoms with E-state index < -0.39 is 5.82 Å². The highest BCUT2D eigenvalue weighted by Crippen LogP contribution is 2.32. The fourth-order valence-corrected chi connectivity index (χ4v) is 2.84. The SMILES string of the molecule is Fc1cc(N2CC[C@@H]3CNC[C@@H]32)cnc1Cl. The number of aromatic nitrogens is 1. The van der Waals surface area contributed by atoms with Crippen LogP contribution in [0.15, 0.2) is 12.3 Å². The molecule has 5 heteroatoms. The van der Waals surface area contributed by atoms with E-state index in [1.54, 1.807) is 6.20 Å². The number of anilines is 1. The average molecular weight is 242 g/mol. The summed E-state index contributed by atoms with van der Waals surface area (Å²) in [6.45, 7) is 3.04. The molecule has 2 saturated heterocycles. The molecule has 1 aromatic rings. The van der Waals surface area contributed by atoms with Crippen molar-refractivity contribution in [2.24, 2.45) is 5.92 Å². The highest BCUT2D eigenvalue weighted by atomic mass is 35.5. The smallest absolute Gasteiger partial charge is 0.164 e. The molecule has 2 atom stereocenters. The van der Waals surface area contributed by atoms with E-state index in [0.29, 0.717) is 12.0 Å². The minimum atomic E-state index is -0.437. The minimum absolute atomic E-state index is 0.0518. The Morgan fingerprint density at radius 1 is 1.50 bits per heavy atom. The molecule has 2 aliphatic rings. The molecule has 3 heterocycles. The van der Waals surface area contributed by atoms with Gasteiger partial charge in [0.2, 0.25) is 0 Å². The second-order valence-electron chi connectivity index (χ2n) is 4.43. The molecule has 16 heavy (non-hydrogen) atoms. The van der Waals surface area contributed by atoms with Crippen LogP contribution in [0, 0.1) is 11.7 Å². The number of fused-ring (bicyclic) bond motifs is 1. The number of rotatable bonds is 1. The Morgan fingerprint density at radius 2 is 2.38 bits per heavy atom. The highest BCUT2D eigenvalue weighted by molar-refractivity contribution is 6.29. The maximum atomic E-state index is 13.3. The van der Waals surface area contributed by atoms with Crippen LogP contribution in [0.2, 0.25) is 5.15 Å². The lowest BCUT2D eigenvalue weighted by Crippen LogP contribution is -2.34. The Balaban J connectivity index is 1.89. The van der Waals surface area contributed by atoms with Crippen molar-refractivity contribution in [1.29, 1.82) is 0 Å². The third-order valence-corrected chi connectivity index (χ3v) is 3.84. The Kier molecular flexibility index (Phi) is 2.48. The summed E-state index contributed by atoms with van der Waals surface area (Å²) < 4.78 is 13.3. The number of pyridine rings is 1. The van der Waals surface area contributed by atoms with Crippen molar-refractivity contribution in [3.05, 3.63) is 23.2 Å². The molecule has 0 radical (unpaired) electrons. The number of hydrogen-bond donors (Lipinski definition) is 1. The lowest BCUT2D eigenvalue weighted by molar-refractivity contribution is 0.577. The van der Waals surface area contributed by atoms with Crippen LogP contribution in [0.5, 0.6) is 0 Å². The van der Waals surface area contributed by atoms with E-state index in [1.807, 2.05) is 0 Å². The van der Waals surface area contributed by atoms with Crippen LogP contribution in [0.3, 0.4) is 0 Å². The average Bonchev–Trinajstić information content (AvgIpc) is 2.83. The molecule has 3 nitrogen and oxygen atoms in total. The van der Waals surface area contributed by atoms with Gasteiger partial charge in [-0.1, -0.05) is 11.6 Å². The van der Waals surface area contributed by atoms with E-state index >= 15 is 0 Å². The summed E-state index contributed by atoms with van der Waals surface area (Å²) in [6.07, 6.45) is 2.83. The van der Waals surface area contributed by atoms with E-state index in [9.17, 15) is 4.39 Å². The van der Waals surface area contributed by atoms with E-state index in [2.05, 4.69) is 15.2 Å². The molecule has 2 fully saturated rings. The van der Waals surface area contributed by atoms with Crippen molar-refractivity contribution >= 4 is 17.3 Å². The van der Waals surface area contributed by atoms with Crippen LogP contribution in [0.4, 0.5) is 10.1 Å². The van der Waals surface area contributed by atoms with Gasteiger partial charge in [-0.2, -0.15) is 0 Å². The molecule has 0 aromatic carbocycles. The fraction of sp³-hybridized carbons (Fsp3) is 0.545. The number of halogens is 2. The van der Waals surface area contributed by atoms with Crippen molar-refractivity contribution in [3.8, 4) is 0 Å². The third kappa shape index (κ3) is 1.57. The van der Waals surface area contributed by atoms with Crippen LogP contribution in [0.25, 0.3) is 0 Å². The van der Waals surface area contributed by atoms with Gasteiger partial charge in [0.25, 0.3) is 0 Å². The van der Waals surface area contributed by atoms with Crippen molar-refractivity contribution in [3.63, 3.8) is 0 Å². The zero-order chi connectivity index (χ0) is 11.1. The van der Waals surface area contributed by atoms with E-state index in [0.717, 1.165) is 25.3 Å². The highest BCUT2D eigenvalue weighted by Gasteiger charge is 2.37. The van der Waals surface area contributed by atoms with E-state index in [1.165, 1.54) is 12.5 Å².